The van der Waals surface area contributed by atoms with Crippen molar-refractivity contribution in [3.8, 4) is 0 Å². The molecule has 0 saturated heterocycles. The average Bonchev–Trinajstić information content (AvgIpc) is 2.99. The molecule has 1 aliphatic carbocycles. The average molecular weight is 215 g/mol. The molecule has 2 N–H and O–H groups in total. The Labute approximate surface area is 93.2 Å². The van der Waals surface area contributed by atoms with Gasteiger partial charge in [0.25, 0.3) is 0 Å². The first-order chi connectivity index (χ1) is 7.19. The predicted molar refractivity (Wildman–Crippen MR) is 61.9 cm³/mol. The monoisotopic (exact) mass is 215 g/mol. The minimum Gasteiger partial charge on any atom is -0.396 e. The topological polar surface area (TPSA) is 41.5 Å². The Balaban J connectivity index is 2.38. The van der Waals surface area contributed by atoms with Crippen molar-refractivity contribution in [3.63, 3.8) is 0 Å². The van der Waals surface area contributed by atoms with E-state index in [1.165, 1.54) is 12.8 Å². The Morgan fingerprint density at radius 1 is 1.40 bits per heavy atom. The van der Waals surface area contributed by atoms with Crippen molar-refractivity contribution >= 4 is 0 Å². The number of rotatable bonds is 8. The number of aliphatic hydroxyl groups excluding tert-OH is 1. The van der Waals surface area contributed by atoms with Crippen molar-refractivity contribution in [2.24, 2.45) is 11.8 Å². The number of ether oxygens (including phenoxy) is 1. The number of nitrogens with one attached hydrogen (secondary N) is 1. The minimum absolute atomic E-state index is 0.264. The van der Waals surface area contributed by atoms with Crippen molar-refractivity contribution in [1.29, 1.82) is 0 Å². The summed E-state index contributed by atoms with van der Waals surface area (Å²) in [4.78, 5) is 0. The third-order valence-electron chi connectivity index (χ3n) is 3.21. The summed E-state index contributed by atoms with van der Waals surface area (Å²) >= 11 is 0. The van der Waals surface area contributed by atoms with Crippen LogP contribution in [0.2, 0.25) is 0 Å². The van der Waals surface area contributed by atoms with E-state index in [1.54, 1.807) is 7.11 Å². The summed E-state index contributed by atoms with van der Waals surface area (Å²) in [7, 11) is 1.76. The van der Waals surface area contributed by atoms with Crippen LogP contribution in [0.4, 0.5) is 0 Å². The minimum atomic E-state index is 0.264. The second-order valence-corrected chi connectivity index (χ2v) is 4.93. The van der Waals surface area contributed by atoms with Gasteiger partial charge in [-0.1, -0.05) is 13.8 Å². The van der Waals surface area contributed by atoms with E-state index >= 15 is 0 Å². The van der Waals surface area contributed by atoms with Crippen molar-refractivity contribution in [2.75, 3.05) is 20.3 Å². The summed E-state index contributed by atoms with van der Waals surface area (Å²) in [6, 6.07) is 0.893. The summed E-state index contributed by atoms with van der Waals surface area (Å²) in [5.41, 5.74) is 0. The van der Waals surface area contributed by atoms with Crippen molar-refractivity contribution < 1.29 is 9.84 Å². The number of methoxy groups -OCH3 is 1. The van der Waals surface area contributed by atoms with Crippen LogP contribution in [-0.4, -0.2) is 37.5 Å². The molecule has 3 heteroatoms. The van der Waals surface area contributed by atoms with Gasteiger partial charge in [0.1, 0.15) is 0 Å². The molecule has 0 bridgehead atoms. The standard InChI is InChI=1S/C12H25NO2/c1-9(2)11(6-7-14)13-12(8-15-3)10-4-5-10/h9-14H,4-8H2,1-3H3. The fraction of sp³-hybridized carbons (Fsp3) is 1.00. The van der Waals surface area contributed by atoms with Crippen LogP contribution in [0.5, 0.6) is 0 Å². The molecule has 90 valence electrons. The van der Waals surface area contributed by atoms with Crippen molar-refractivity contribution in [3.05, 3.63) is 0 Å². The number of hydrogen-bond acceptors (Lipinski definition) is 3. The number of hydrogen-bond donors (Lipinski definition) is 2. The molecule has 0 aromatic heterocycles. The number of aliphatic hydroxyl groups is 1. The summed E-state index contributed by atoms with van der Waals surface area (Å²) in [6.45, 7) is 5.45. The Morgan fingerprint density at radius 3 is 2.47 bits per heavy atom. The van der Waals surface area contributed by atoms with Crippen LogP contribution in [0.15, 0.2) is 0 Å². The second-order valence-electron chi connectivity index (χ2n) is 4.93. The molecule has 0 aromatic carbocycles. The molecule has 2 atom stereocenters. The highest BCUT2D eigenvalue weighted by Gasteiger charge is 2.32. The zero-order valence-corrected chi connectivity index (χ0v) is 10.2. The SMILES string of the molecule is COCC(NC(CCO)C(C)C)C1CC1. The van der Waals surface area contributed by atoms with Gasteiger partial charge in [-0.3, -0.25) is 0 Å². The van der Waals surface area contributed by atoms with Gasteiger partial charge in [0, 0.05) is 25.8 Å². The molecule has 2 unspecified atom stereocenters. The Bertz CT molecular complexity index is 159. The van der Waals surface area contributed by atoms with Gasteiger partial charge in [0.2, 0.25) is 0 Å². The van der Waals surface area contributed by atoms with Gasteiger partial charge >= 0.3 is 0 Å². The first-order valence-electron chi connectivity index (χ1n) is 6.04. The van der Waals surface area contributed by atoms with E-state index in [1.807, 2.05) is 0 Å². The Kier molecular flexibility index (Phi) is 5.58. The van der Waals surface area contributed by atoms with Crippen LogP contribution in [0, 0.1) is 11.8 Å². The lowest BCUT2D eigenvalue weighted by Crippen LogP contribution is -2.45. The fourth-order valence-corrected chi connectivity index (χ4v) is 2.02. The van der Waals surface area contributed by atoms with Gasteiger partial charge in [-0.05, 0) is 31.1 Å². The van der Waals surface area contributed by atoms with Crippen LogP contribution < -0.4 is 5.32 Å². The molecule has 1 saturated carbocycles. The van der Waals surface area contributed by atoms with E-state index in [0.717, 1.165) is 18.9 Å². The molecule has 0 aliphatic heterocycles. The largest absolute Gasteiger partial charge is 0.396 e. The van der Waals surface area contributed by atoms with Crippen LogP contribution in [0.25, 0.3) is 0 Å². The maximum absolute atomic E-state index is 9.01. The summed E-state index contributed by atoms with van der Waals surface area (Å²) in [5.74, 6) is 1.36. The van der Waals surface area contributed by atoms with Crippen molar-refractivity contribution in [1.82, 2.24) is 5.32 Å². The lowest BCUT2D eigenvalue weighted by atomic mass is 9.99. The molecule has 1 fully saturated rings. The second kappa shape index (κ2) is 6.46. The smallest absolute Gasteiger partial charge is 0.0618 e. The first-order valence-corrected chi connectivity index (χ1v) is 6.04. The normalized spacial score (nSPS) is 20.6. The highest BCUT2D eigenvalue weighted by Crippen LogP contribution is 2.33. The van der Waals surface area contributed by atoms with Gasteiger partial charge in [-0.2, -0.15) is 0 Å². The zero-order valence-electron chi connectivity index (χ0n) is 10.2. The highest BCUT2D eigenvalue weighted by atomic mass is 16.5. The molecule has 0 radical (unpaired) electrons. The van der Waals surface area contributed by atoms with E-state index in [0.29, 0.717) is 18.0 Å². The molecular weight excluding hydrogens is 190 g/mol. The fourth-order valence-electron chi connectivity index (χ4n) is 2.02. The zero-order chi connectivity index (χ0) is 11.3. The summed E-state index contributed by atoms with van der Waals surface area (Å²) < 4.78 is 5.24. The van der Waals surface area contributed by atoms with Crippen LogP contribution in [-0.2, 0) is 4.74 Å². The summed E-state index contributed by atoms with van der Waals surface area (Å²) in [6.07, 6.45) is 3.49. The van der Waals surface area contributed by atoms with E-state index in [9.17, 15) is 0 Å². The van der Waals surface area contributed by atoms with Gasteiger partial charge < -0.3 is 15.2 Å². The highest BCUT2D eigenvalue weighted by molar-refractivity contribution is 4.89. The summed E-state index contributed by atoms with van der Waals surface area (Å²) in [5, 5.41) is 12.6. The maximum atomic E-state index is 9.01. The van der Waals surface area contributed by atoms with Crippen molar-refractivity contribution in [2.45, 2.75) is 45.2 Å². The molecule has 15 heavy (non-hydrogen) atoms. The van der Waals surface area contributed by atoms with E-state index in [-0.39, 0.29) is 6.61 Å². The van der Waals surface area contributed by atoms with Gasteiger partial charge in [-0.25, -0.2) is 0 Å². The molecule has 0 aromatic rings. The van der Waals surface area contributed by atoms with Crippen LogP contribution >= 0.6 is 0 Å². The van der Waals surface area contributed by atoms with E-state index < -0.39 is 0 Å². The Hall–Kier alpha value is -0.120. The predicted octanol–water partition coefficient (Wildman–Crippen LogP) is 1.41. The molecule has 1 aliphatic rings. The maximum Gasteiger partial charge on any atom is 0.0618 e. The molecule has 1 rings (SSSR count). The first kappa shape index (κ1) is 12.9. The third kappa shape index (κ3) is 4.49. The molecule has 0 heterocycles. The lowest BCUT2D eigenvalue weighted by molar-refractivity contribution is 0.139. The van der Waals surface area contributed by atoms with Gasteiger partial charge in [0.05, 0.1) is 6.61 Å². The Morgan fingerprint density at radius 2 is 2.07 bits per heavy atom. The molecule has 3 nitrogen and oxygen atoms in total. The molecular formula is C12H25NO2. The molecule has 0 amide bonds. The van der Waals surface area contributed by atoms with Gasteiger partial charge in [0.15, 0.2) is 0 Å². The van der Waals surface area contributed by atoms with Gasteiger partial charge in [-0.15, -0.1) is 0 Å². The van der Waals surface area contributed by atoms with Crippen LogP contribution in [0.3, 0.4) is 0 Å². The van der Waals surface area contributed by atoms with Crippen LogP contribution in [0.1, 0.15) is 33.1 Å². The molecule has 0 spiro atoms. The quantitative estimate of drug-likeness (QED) is 0.643. The van der Waals surface area contributed by atoms with E-state index in [4.69, 9.17) is 9.84 Å². The lowest BCUT2D eigenvalue weighted by Gasteiger charge is -2.27. The third-order valence-corrected chi connectivity index (χ3v) is 3.21. The van der Waals surface area contributed by atoms with E-state index in [2.05, 4.69) is 19.2 Å².